The number of carbonyl (C=O) groups is 2. The third-order valence-corrected chi connectivity index (χ3v) is 3.69. The SMILES string of the molecule is COc1ccc(C=CC(=O)Nc2cccc(C(C)=O)c2)c(OC)c1OC. The van der Waals surface area contributed by atoms with Gasteiger partial charge in [-0.15, -0.1) is 0 Å². The van der Waals surface area contributed by atoms with Crippen LogP contribution in [0, 0.1) is 0 Å². The second-order valence-electron chi connectivity index (χ2n) is 5.38. The minimum absolute atomic E-state index is 0.0632. The number of Topliss-reactive ketones (excluding diaryl/α,β-unsaturated/α-hetero) is 1. The number of benzene rings is 2. The zero-order chi connectivity index (χ0) is 19.1. The number of nitrogens with one attached hydrogen (secondary N) is 1. The molecule has 1 amide bonds. The largest absolute Gasteiger partial charge is 0.493 e. The Morgan fingerprint density at radius 2 is 1.69 bits per heavy atom. The molecule has 0 saturated heterocycles. The summed E-state index contributed by atoms with van der Waals surface area (Å²) in [5.41, 5.74) is 1.75. The number of methoxy groups -OCH3 is 3. The Morgan fingerprint density at radius 1 is 0.962 bits per heavy atom. The highest BCUT2D eigenvalue weighted by molar-refractivity contribution is 6.03. The lowest BCUT2D eigenvalue weighted by Crippen LogP contribution is -2.08. The summed E-state index contributed by atoms with van der Waals surface area (Å²) in [4.78, 5) is 23.6. The second-order valence-corrected chi connectivity index (χ2v) is 5.38. The van der Waals surface area contributed by atoms with E-state index in [4.69, 9.17) is 14.2 Å². The van der Waals surface area contributed by atoms with Crippen molar-refractivity contribution < 1.29 is 23.8 Å². The van der Waals surface area contributed by atoms with E-state index in [1.165, 1.54) is 34.3 Å². The maximum Gasteiger partial charge on any atom is 0.248 e. The molecule has 26 heavy (non-hydrogen) atoms. The first-order valence-electron chi connectivity index (χ1n) is 7.89. The van der Waals surface area contributed by atoms with Gasteiger partial charge in [0.05, 0.1) is 21.3 Å². The van der Waals surface area contributed by atoms with Crippen molar-refractivity contribution in [2.75, 3.05) is 26.6 Å². The average molecular weight is 355 g/mol. The number of amides is 1. The summed E-state index contributed by atoms with van der Waals surface area (Å²) in [5.74, 6) is 1.06. The van der Waals surface area contributed by atoms with Crippen molar-refractivity contribution in [3.63, 3.8) is 0 Å². The summed E-state index contributed by atoms with van der Waals surface area (Å²) in [7, 11) is 4.57. The average Bonchev–Trinajstić information content (AvgIpc) is 2.65. The first-order chi connectivity index (χ1) is 12.5. The monoisotopic (exact) mass is 355 g/mol. The van der Waals surface area contributed by atoms with Crippen molar-refractivity contribution in [3.05, 3.63) is 53.6 Å². The van der Waals surface area contributed by atoms with Gasteiger partial charge >= 0.3 is 0 Å². The van der Waals surface area contributed by atoms with Crippen LogP contribution in [-0.4, -0.2) is 33.0 Å². The second kappa shape index (κ2) is 8.71. The topological polar surface area (TPSA) is 73.9 Å². The molecule has 0 radical (unpaired) electrons. The molecular formula is C20H21NO5. The van der Waals surface area contributed by atoms with Gasteiger partial charge in [-0.3, -0.25) is 9.59 Å². The lowest BCUT2D eigenvalue weighted by atomic mass is 10.1. The first kappa shape index (κ1) is 19.1. The van der Waals surface area contributed by atoms with Gasteiger partial charge in [0.1, 0.15) is 0 Å². The third kappa shape index (κ3) is 4.42. The van der Waals surface area contributed by atoms with Crippen LogP contribution in [0.4, 0.5) is 5.69 Å². The third-order valence-electron chi connectivity index (χ3n) is 3.69. The van der Waals surface area contributed by atoms with E-state index in [0.29, 0.717) is 34.1 Å². The number of hydrogen-bond acceptors (Lipinski definition) is 5. The van der Waals surface area contributed by atoms with Crippen LogP contribution in [0.5, 0.6) is 17.2 Å². The maximum absolute atomic E-state index is 12.2. The van der Waals surface area contributed by atoms with Crippen LogP contribution in [0.3, 0.4) is 0 Å². The predicted molar refractivity (Wildman–Crippen MR) is 100 cm³/mol. The molecule has 0 bridgehead atoms. The Labute approximate surface area is 152 Å². The summed E-state index contributed by atoms with van der Waals surface area (Å²) in [5, 5.41) is 2.72. The molecule has 136 valence electrons. The van der Waals surface area contributed by atoms with E-state index in [1.54, 1.807) is 42.5 Å². The van der Waals surface area contributed by atoms with Crippen LogP contribution < -0.4 is 19.5 Å². The van der Waals surface area contributed by atoms with Gasteiger partial charge in [0.25, 0.3) is 0 Å². The fraction of sp³-hybridized carbons (Fsp3) is 0.200. The number of ketones is 1. The number of carbonyl (C=O) groups excluding carboxylic acids is 2. The molecule has 1 N–H and O–H groups in total. The Kier molecular flexibility index (Phi) is 6.38. The van der Waals surface area contributed by atoms with Crippen LogP contribution in [0.15, 0.2) is 42.5 Å². The molecule has 6 nitrogen and oxygen atoms in total. The molecule has 2 aromatic carbocycles. The van der Waals surface area contributed by atoms with Gasteiger partial charge in [0.15, 0.2) is 17.3 Å². The lowest BCUT2D eigenvalue weighted by Gasteiger charge is -2.14. The minimum atomic E-state index is -0.331. The van der Waals surface area contributed by atoms with Crippen molar-refractivity contribution in [3.8, 4) is 17.2 Å². The van der Waals surface area contributed by atoms with Crippen LogP contribution in [0.2, 0.25) is 0 Å². The fourth-order valence-corrected chi connectivity index (χ4v) is 2.42. The summed E-state index contributed by atoms with van der Waals surface area (Å²) in [6.45, 7) is 1.48. The highest BCUT2D eigenvalue weighted by Gasteiger charge is 2.14. The molecule has 0 unspecified atom stereocenters. The van der Waals surface area contributed by atoms with Crippen LogP contribution in [0.25, 0.3) is 6.08 Å². The van der Waals surface area contributed by atoms with E-state index in [0.717, 1.165) is 0 Å². The smallest absolute Gasteiger partial charge is 0.248 e. The Hall–Kier alpha value is -3.28. The number of ether oxygens (including phenoxy) is 3. The van der Waals surface area contributed by atoms with Gasteiger partial charge in [0.2, 0.25) is 11.7 Å². The highest BCUT2D eigenvalue weighted by Crippen LogP contribution is 2.40. The lowest BCUT2D eigenvalue weighted by molar-refractivity contribution is -0.111. The minimum Gasteiger partial charge on any atom is -0.493 e. The maximum atomic E-state index is 12.2. The van der Waals surface area contributed by atoms with Gasteiger partial charge in [-0.05, 0) is 37.3 Å². The van der Waals surface area contributed by atoms with Crippen molar-refractivity contribution in [2.45, 2.75) is 6.92 Å². The van der Waals surface area contributed by atoms with Gasteiger partial charge in [-0.2, -0.15) is 0 Å². The van der Waals surface area contributed by atoms with E-state index >= 15 is 0 Å². The van der Waals surface area contributed by atoms with Crippen molar-refractivity contribution >= 4 is 23.5 Å². The first-order valence-corrected chi connectivity index (χ1v) is 7.89. The van der Waals surface area contributed by atoms with Crippen molar-refractivity contribution in [1.29, 1.82) is 0 Å². The van der Waals surface area contributed by atoms with Gasteiger partial charge in [0, 0.05) is 22.9 Å². The number of rotatable bonds is 7. The molecule has 2 aromatic rings. The molecule has 0 aliphatic heterocycles. The van der Waals surface area contributed by atoms with Crippen LogP contribution in [-0.2, 0) is 4.79 Å². The molecule has 0 fully saturated rings. The molecule has 0 heterocycles. The van der Waals surface area contributed by atoms with Crippen molar-refractivity contribution in [1.82, 2.24) is 0 Å². The Bertz CT molecular complexity index is 842. The van der Waals surface area contributed by atoms with Gasteiger partial charge < -0.3 is 19.5 Å². The Balaban J connectivity index is 2.20. The molecular weight excluding hydrogens is 334 g/mol. The number of hydrogen-bond donors (Lipinski definition) is 1. The van der Waals surface area contributed by atoms with Gasteiger partial charge in [-0.1, -0.05) is 12.1 Å². The van der Waals surface area contributed by atoms with E-state index in [-0.39, 0.29) is 11.7 Å². The molecule has 6 heteroatoms. The van der Waals surface area contributed by atoms with E-state index in [1.807, 2.05) is 0 Å². The van der Waals surface area contributed by atoms with Crippen molar-refractivity contribution in [2.24, 2.45) is 0 Å². The van der Waals surface area contributed by atoms with Gasteiger partial charge in [-0.25, -0.2) is 0 Å². The molecule has 0 aliphatic rings. The normalized spacial score (nSPS) is 10.5. The highest BCUT2D eigenvalue weighted by atomic mass is 16.5. The molecule has 0 saturated carbocycles. The summed E-state index contributed by atoms with van der Waals surface area (Å²) in [6, 6.07) is 10.3. The molecule has 0 atom stereocenters. The summed E-state index contributed by atoms with van der Waals surface area (Å²) >= 11 is 0. The zero-order valence-electron chi connectivity index (χ0n) is 15.2. The van der Waals surface area contributed by atoms with E-state index in [9.17, 15) is 9.59 Å². The van der Waals surface area contributed by atoms with E-state index in [2.05, 4.69) is 5.32 Å². The van der Waals surface area contributed by atoms with E-state index < -0.39 is 0 Å². The standard InChI is InChI=1S/C20H21NO5/c1-13(22)15-6-5-7-16(12-15)21-18(23)11-9-14-8-10-17(24-2)20(26-4)19(14)25-3/h5-12H,1-4H3,(H,21,23). The van der Waals surface area contributed by atoms with Crippen LogP contribution in [0.1, 0.15) is 22.8 Å². The summed E-state index contributed by atoms with van der Waals surface area (Å²) < 4.78 is 15.9. The summed E-state index contributed by atoms with van der Waals surface area (Å²) in [6.07, 6.45) is 3.00. The quantitative estimate of drug-likeness (QED) is 0.607. The molecule has 0 spiro atoms. The Morgan fingerprint density at radius 3 is 2.31 bits per heavy atom. The van der Waals surface area contributed by atoms with Crippen LogP contribution >= 0.6 is 0 Å². The fourth-order valence-electron chi connectivity index (χ4n) is 2.42. The molecule has 0 aromatic heterocycles. The molecule has 0 aliphatic carbocycles. The predicted octanol–water partition coefficient (Wildman–Crippen LogP) is 3.57. The molecule has 2 rings (SSSR count). The zero-order valence-corrected chi connectivity index (χ0v) is 15.2. The number of anilines is 1.